The van der Waals surface area contributed by atoms with Crippen LogP contribution in [-0.2, 0) is 28.6 Å². The monoisotopic (exact) mass is 464 g/mol. The maximum Gasteiger partial charge on any atom is 0.297 e. The molecule has 0 saturated heterocycles. The van der Waals surface area contributed by atoms with Crippen molar-refractivity contribution in [1.29, 1.82) is 0 Å². The van der Waals surface area contributed by atoms with E-state index in [2.05, 4.69) is 0 Å². The van der Waals surface area contributed by atoms with E-state index in [1.54, 1.807) is 36.4 Å². The molecule has 2 aromatic rings. The molecule has 5 rings (SSSR count). The Morgan fingerprint density at radius 2 is 1.32 bits per heavy atom. The summed E-state index contributed by atoms with van der Waals surface area (Å²) in [5.74, 6) is 0.225. The van der Waals surface area contributed by atoms with Crippen LogP contribution in [-0.4, -0.2) is 29.5 Å². The van der Waals surface area contributed by atoms with Gasteiger partial charge in [0.1, 0.15) is 0 Å². The minimum Gasteiger partial charge on any atom is -0.266 e. The molecule has 3 fully saturated rings. The van der Waals surface area contributed by atoms with Crippen LogP contribution in [0, 0.1) is 31.6 Å². The Kier molecular flexibility index (Phi) is 6.27. The molecule has 4 atom stereocenters. The highest BCUT2D eigenvalue weighted by Crippen LogP contribution is 2.47. The standard InChI is InChI=1S/C23H28O6S2/c1-16-3-8-20(9-4-16)30(24,25)28-15-19-13-18-7-12-22(19)23(14-18)29-31(26,27)21-10-5-17(2)6-11-21/h3-6,8-11,18-19,22-23H,7,12-15H2,1-2H3/t18-,19+,22+,23-/m1/s1. The van der Waals surface area contributed by atoms with E-state index in [1.807, 2.05) is 13.8 Å². The molecule has 0 heterocycles. The summed E-state index contributed by atoms with van der Waals surface area (Å²) in [5, 5.41) is 0. The van der Waals surface area contributed by atoms with Crippen molar-refractivity contribution in [2.75, 3.05) is 6.61 Å². The summed E-state index contributed by atoms with van der Waals surface area (Å²) in [6.07, 6.45) is 2.89. The van der Waals surface area contributed by atoms with Gasteiger partial charge in [-0.1, -0.05) is 35.4 Å². The first-order valence-corrected chi connectivity index (χ1v) is 13.4. The van der Waals surface area contributed by atoms with Crippen molar-refractivity contribution >= 4 is 20.2 Å². The molecule has 31 heavy (non-hydrogen) atoms. The molecule has 3 aliphatic carbocycles. The summed E-state index contributed by atoms with van der Waals surface area (Å²) in [5.41, 5.74) is 1.95. The van der Waals surface area contributed by atoms with Crippen molar-refractivity contribution in [3.8, 4) is 0 Å². The second-order valence-corrected chi connectivity index (χ2v) is 12.0. The average Bonchev–Trinajstić information content (AvgIpc) is 2.73. The second kappa shape index (κ2) is 8.65. The third-order valence-corrected chi connectivity index (χ3v) is 9.15. The first-order chi connectivity index (χ1) is 14.6. The zero-order valence-corrected chi connectivity index (χ0v) is 19.4. The Balaban J connectivity index is 1.45. The number of rotatable bonds is 7. The van der Waals surface area contributed by atoms with Gasteiger partial charge in [0, 0.05) is 0 Å². The van der Waals surface area contributed by atoms with Gasteiger partial charge in [-0.15, -0.1) is 0 Å². The summed E-state index contributed by atoms with van der Waals surface area (Å²) in [6, 6.07) is 13.2. The maximum atomic E-state index is 12.8. The van der Waals surface area contributed by atoms with E-state index in [-0.39, 0.29) is 28.2 Å². The molecule has 0 radical (unpaired) electrons. The summed E-state index contributed by atoms with van der Waals surface area (Å²) in [4.78, 5) is 0.281. The summed E-state index contributed by atoms with van der Waals surface area (Å²) >= 11 is 0. The predicted octanol–water partition coefficient (Wildman–Crippen LogP) is 4.22. The molecule has 168 valence electrons. The van der Waals surface area contributed by atoms with Gasteiger partial charge in [0.25, 0.3) is 20.2 Å². The largest absolute Gasteiger partial charge is 0.297 e. The van der Waals surface area contributed by atoms with Gasteiger partial charge in [-0.25, -0.2) is 0 Å². The fourth-order valence-electron chi connectivity index (χ4n) is 4.77. The molecule has 0 aliphatic heterocycles. The Morgan fingerprint density at radius 3 is 1.87 bits per heavy atom. The molecule has 0 amide bonds. The molecule has 3 saturated carbocycles. The lowest BCUT2D eigenvalue weighted by molar-refractivity contribution is -0.0321. The summed E-state index contributed by atoms with van der Waals surface area (Å²) in [7, 11) is -7.72. The summed E-state index contributed by atoms with van der Waals surface area (Å²) < 4.78 is 61.7. The third-order valence-electron chi connectivity index (χ3n) is 6.50. The fraction of sp³-hybridized carbons (Fsp3) is 0.478. The van der Waals surface area contributed by atoms with E-state index in [0.29, 0.717) is 12.3 Å². The topological polar surface area (TPSA) is 86.7 Å². The van der Waals surface area contributed by atoms with E-state index in [4.69, 9.17) is 8.37 Å². The average molecular weight is 465 g/mol. The van der Waals surface area contributed by atoms with Gasteiger partial charge in [-0.3, -0.25) is 8.37 Å². The highest BCUT2D eigenvalue weighted by molar-refractivity contribution is 7.87. The SMILES string of the molecule is Cc1ccc(S(=O)(=O)OC[C@@H]2C[C@H]3CC[C@@H]2[C@H](OS(=O)(=O)c2ccc(C)cc2)C3)cc1. The lowest BCUT2D eigenvalue weighted by Gasteiger charge is -2.46. The van der Waals surface area contributed by atoms with Crippen LogP contribution in [0.4, 0.5) is 0 Å². The molecule has 0 spiro atoms. The molecule has 2 aromatic carbocycles. The van der Waals surface area contributed by atoms with Crippen LogP contribution < -0.4 is 0 Å². The normalized spacial score (nSPS) is 26.1. The van der Waals surface area contributed by atoms with Crippen LogP contribution in [0.3, 0.4) is 0 Å². The lowest BCUT2D eigenvalue weighted by atomic mass is 9.63. The second-order valence-electron chi connectivity index (χ2n) is 8.79. The van der Waals surface area contributed by atoms with Crippen LogP contribution in [0.25, 0.3) is 0 Å². The Labute approximate surface area is 184 Å². The molecule has 8 heteroatoms. The smallest absolute Gasteiger partial charge is 0.266 e. The fourth-order valence-corrected chi connectivity index (χ4v) is 6.85. The maximum absolute atomic E-state index is 12.8. The first-order valence-electron chi connectivity index (χ1n) is 10.6. The van der Waals surface area contributed by atoms with Gasteiger partial charge in [0.15, 0.2) is 0 Å². The van der Waals surface area contributed by atoms with Crippen molar-refractivity contribution < 1.29 is 25.2 Å². The van der Waals surface area contributed by atoms with Gasteiger partial charge >= 0.3 is 0 Å². The van der Waals surface area contributed by atoms with Gasteiger partial charge < -0.3 is 0 Å². The van der Waals surface area contributed by atoms with Gasteiger partial charge in [-0.2, -0.15) is 16.8 Å². The van der Waals surface area contributed by atoms with E-state index in [1.165, 1.54) is 12.1 Å². The van der Waals surface area contributed by atoms with Crippen LogP contribution in [0.1, 0.15) is 36.8 Å². The molecule has 6 nitrogen and oxygen atoms in total. The number of hydrogen-bond acceptors (Lipinski definition) is 6. The van der Waals surface area contributed by atoms with Crippen LogP contribution in [0.2, 0.25) is 0 Å². The van der Waals surface area contributed by atoms with Gasteiger partial charge in [-0.05, 0) is 81.5 Å². The third kappa shape index (κ3) is 5.03. The van der Waals surface area contributed by atoms with E-state index in [0.717, 1.165) is 30.4 Å². The van der Waals surface area contributed by atoms with Crippen molar-refractivity contribution in [2.45, 2.75) is 55.4 Å². The summed E-state index contributed by atoms with van der Waals surface area (Å²) in [6.45, 7) is 3.83. The van der Waals surface area contributed by atoms with Gasteiger partial charge in [0.05, 0.1) is 22.5 Å². The Bertz CT molecular complexity index is 1120. The van der Waals surface area contributed by atoms with Crippen molar-refractivity contribution in [1.82, 2.24) is 0 Å². The highest BCUT2D eigenvalue weighted by atomic mass is 32.2. The first kappa shape index (κ1) is 22.5. The molecule has 3 aliphatic rings. The van der Waals surface area contributed by atoms with Crippen molar-refractivity contribution in [3.05, 3.63) is 59.7 Å². The Morgan fingerprint density at radius 1 is 0.774 bits per heavy atom. The molecule has 0 N–H and O–H groups in total. The number of aryl methyl sites for hydroxylation is 2. The molecule has 0 unspecified atom stereocenters. The number of benzene rings is 2. The predicted molar refractivity (Wildman–Crippen MR) is 116 cm³/mol. The minimum atomic E-state index is -3.87. The molecule has 0 aromatic heterocycles. The minimum absolute atomic E-state index is 0.0431. The van der Waals surface area contributed by atoms with Crippen LogP contribution >= 0.6 is 0 Å². The highest BCUT2D eigenvalue weighted by Gasteiger charge is 2.45. The number of hydrogen-bond donors (Lipinski definition) is 0. The molecular weight excluding hydrogens is 436 g/mol. The van der Waals surface area contributed by atoms with Crippen LogP contribution in [0.5, 0.6) is 0 Å². The van der Waals surface area contributed by atoms with Crippen molar-refractivity contribution in [2.24, 2.45) is 17.8 Å². The van der Waals surface area contributed by atoms with E-state index >= 15 is 0 Å². The lowest BCUT2D eigenvalue weighted by Crippen LogP contribution is -2.45. The van der Waals surface area contributed by atoms with E-state index < -0.39 is 26.3 Å². The van der Waals surface area contributed by atoms with Crippen LogP contribution in [0.15, 0.2) is 58.3 Å². The molecular formula is C23H28O6S2. The number of fused-ring (bicyclic) bond motifs is 3. The molecule has 2 bridgehead atoms. The van der Waals surface area contributed by atoms with E-state index in [9.17, 15) is 16.8 Å². The zero-order valence-electron chi connectivity index (χ0n) is 17.7. The van der Waals surface area contributed by atoms with Crippen molar-refractivity contribution in [3.63, 3.8) is 0 Å². The quantitative estimate of drug-likeness (QED) is 0.570. The Hall–Kier alpha value is -1.74. The zero-order chi connectivity index (χ0) is 22.2. The van der Waals surface area contributed by atoms with Gasteiger partial charge in [0.2, 0.25) is 0 Å².